The Labute approximate surface area is 119 Å². The molecule has 0 fully saturated rings. The molecule has 0 radical (unpaired) electrons. The van der Waals surface area contributed by atoms with Gasteiger partial charge >= 0.3 is 0 Å². The summed E-state index contributed by atoms with van der Waals surface area (Å²) < 4.78 is 2.14. The summed E-state index contributed by atoms with van der Waals surface area (Å²) in [5.74, 6) is -0.0726. The van der Waals surface area contributed by atoms with E-state index in [1.807, 2.05) is 37.5 Å². The number of carbonyl (C=O) groups is 1. The maximum atomic E-state index is 10.9. The van der Waals surface area contributed by atoms with Crippen molar-refractivity contribution in [2.45, 2.75) is 20.8 Å². The van der Waals surface area contributed by atoms with Crippen LogP contribution in [-0.2, 0) is 11.8 Å². The number of hydrogen-bond donors (Lipinski definition) is 1. The second-order valence-corrected chi connectivity index (χ2v) is 4.87. The highest BCUT2D eigenvalue weighted by molar-refractivity contribution is 5.89. The van der Waals surface area contributed by atoms with Crippen molar-refractivity contribution < 1.29 is 4.79 Å². The van der Waals surface area contributed by atoms with Gasteiger partial charge in [-0.3, -0.25) is 9.79 Å². The molecule has 0 aliphatic heterocycles. The van der Waals surface area contributed by atoms with Gasteiger partial charge in [-0.05, 0) is 44.2 Å². The summed E-state index contributed by atoms with van der Waals surface area (Å²) >= 11 is 0. The summed E-state index contributed by atoms with van der Waals surface area (Å²) in [5.41, 5.74) is 5.17. The summed E-state index contributed by atoms with van der Waals surface area (Å²) in [5, 5.41) is 2.73. The molecule has 1 N–H and O–H groups in total. The van der Waals surface area contributed by atoms with E-state index in [1.165, 1.54) is 18.3 Å². The minimum absolute atomic E-state index is 0.0726. The van der Waals surface area contributed by atoms with Crippen LogP contribution in [0.15, 0.2) is 35.3 Å². The molecule has 1 heterocycles. The van der Waals surface area contributed by atoms with E-state index in [2.05, 4.69) is 34.8 Å². The first-order valence-electron chi connectivity index (χ1n) is 6.52. The normalized spacial score (nSPS) is 11.0. The molecule has 20 heavy (non-hydrogen) atoms. The van der Waals surface area contributed by atoms with Crippen LogP contribution in [-0.4, -0.2) is 16.7 Å². The molecule has 0 spiro atoms. The zero-order valence-electron chi connectivity index (χ0n) is 12.3. The van der Waals surface area contributed by atoms with Crippen LogP contribution in [0.25, 0.3) is 0 Å². The van der Waals surface area contributed by atoms with Gasteiger partial charge in [-0.25, -0.2) is 0 Å². The number of rotatable bonds is 3. The van der Waals surface area contributed by atoms with Gasteiger partial charge in [0.2, 0.25) is 5.91 Å². The third-order valence-electron chi connectivity index (χ3n) is 3.35. The smallest absolute Gasteiger partial charge is 0.221 e. The number of aliphatic imine (C=N–C) groups is 1. The molecule has 4 nitrogen and oxygen atoms in total. The van der Waals surface area contributed by atoms with Gasteiger partial charge in [0.25, 0.3) is 0 Å². The van der Waals surface area contributed by atoms with E-state index >= 15 is 0 Å². The Balaban J connectivity index is 2.15. The summed E-state index contributed by atoms with van der Waals surface area (Å²) in [6.07, 6.45) is 1.87. The van der Waals surface area contributed by atoms with Crippen molar-refractivity contribution in [1.82, 2.24) is 4.57 Å². The Kier molecular flexibility index (Phi) is 4.03. The number of amides is 1. The first-order valence-corrected chi connectivity index (χ1v) is 6.52. The molecule has 2 aromatic rings. The fraction of sp³-hybridized carbons (Fsp3) is 0.250. The average molecular weight is 269 g/mol. The summed E-state index contributed by atoms with van der Waals surface area (Å²) in [7, 11) is 2.05. The monoisotopic (exact) mass is 269 g/mol. The molecule has 1 aromatic carbocycles. The number of nitrogens with one attached hydrogen (secondary N) is 1. The molecule has 104 valence electrons. The van der Waals surface area contributed by atoms with Gasteiger partial charge in [0.15, 0.2) is 0 Å². The lowest BCUT2D eigenvalue weighted by molar-refractivity contribution is -0.114. The van der Waals surface area contributed by atoms with Crippen molar-refractivity contribution in [3.63, 3.8) is 0 Å². The van der Waals surface area contributed by atoms with Gasteiger partial charge in [0.1, 0.15) is 0 Å². The highest BCUT2D eigenvalue weighted by Gasteiger charge is 2.03. The van der Waals surface area contributed by atoms with Crippen LogP contribution in [0.2, 0.25) is 0 Å². The van der Waals surface area contributed by atoms with Crippen LogP contribution in [0.5, 0.6) is 0 Å². The molecule has 4 heteroatoms. The molecular weight excluding hydrogens is 250 g/mol. The minimum Gasteiger partial charge on any atom is -0.352 e. The fourth-order valence-corrected chi connectivity index (χ4v) is 1.99. The molecule has 0 atom stereocenters. The van der Waals surface area contributed by atoms with Crippen LogP contribution >= 0.6 is 0 Å². The first kappa shape index (κ1) is 14.1. The lowest BCUT2D eigenvalue weighted by atomic mass is 10.2. The number of anilines is 1. The molecule has 0 unspecified atom stereocenters. The molecular formula is C16H19N3O. The van der Waals surface area contributed by atoms with Crippen LogP contribution in [0.1, 0.15) is 23.9 Å². The van der Waals surface area contributed by atoms with Crippen LogP contribution < -0.4 is 5.32 Å². The maximum Gasteiger partial charge on any atom is 0.221 e. The van der Waals surface area contributed by atoms with E-state index < -0.39 is 0 Å². The Bertz CT molecular complexity index is 651. The number of hydrogen-bond acceptors (Lipinski definition) is 2. The maximum absolute atomic E-state index is 10.9. The van der Waals surface area contributed by atoms with Crippen LogP contribution in [0.4, 0.5) is 11.4 Å². The van der Waals surface area contributed by atoms with Gasteiger partial charge in [0, 0.05) is 42.8 Å². The fourth-order valence-electron chi connectivity index (χ4n) is 1.99. The standard InChI is InChI=1S/C16H19N3O/c1-11-9-14(12(2)19(11)4)10-17-15-5-7-16(8-6-15)18-13(3)20/h5-10H,1-4H3,(H,18,20). The number of aromatic nitrogens is 1. The van der Waals surface area contributed by atoms with Crippen molar-refractivity contribution in [2.75, 3.05) is 5.32 Å². The largest absolute Gasteiger partial charge is 0.352 e. The van der Waals surface area contributed by atoms with Gasteiger partial charge in [-0.15, -0.1) is 0 Å². The lowest BCUT2D eigenvalue weighted by Crippen LogP contribution is -2.04. The Morgan fingerprint density at radius 2 is 1.90 bits per heavy atom. The predicted molar refractivity (Wildman–Crippen MR) is 82.9 cm³/mol. The van der Waals surface area contributed by atoms with Crippen LogP contribution in [0, 0.1) is 13.8 Å². The zero-order chi connectivity index (χ0) is 14.7. The second-order valence-electron chi connectivity index (χ2n) is 4.87. The molecule has 1 amide bonds. The first-order chi connectivity index (χ1) is 9.47. The van der Waals surface area contributed by atoms with Crippen molar-refractivity contribution in [3.05, 3.63) is 47.3 Å². The van der Waals surface area contributed by atoms with E-state index in [4.69, 9.17) is 0 Å². The van der Waals surface area contributed by atoms with Gasteiger partial charge in [-0.1, -0.05) is 0 Å². The summed E-state index contributed by atoms with van der Waals surface area (Å²) in [6, 6.07) is 9.57. The molecule has 0 saturated carbocycles. The van der Waals surface area contributed by atoms with Crippen LogP contribution in [0.3, 0.4) is 0 Å². The molecule has 0 aliphatic rings. The van der Waals surface area contributed by atoms with Gasteiger partial charge in [-0.2, -0.15) is 0 Å². The predicted octanol–water partition coefficient (Wildman–Crippen LogP) is 3.35. The number of carbonyl (C=O) groups excluding carboxylic acids is 1. The second kappa shape index (κ2) is 5.74. The summed E-state index contributed by atoms with van der Waals surface area (Å²) in [6.45, 7) is 5.65. The van der Waals surface area contributed by atoms with Crippen molar-refractivity contribution in [2.24, 2.45) is 12.0 Å². The minimum atomic E-state index is -0.0726. The molecule has 0 aliphatic carbocycles. The Morgan fingerprint density at radius 1 is 1.25 bits per heavy atom. The van der Waals surface area contributed by atoms with Crippen molar-refractivity contribution in [1.29, 1.82) is 0 Å². The quantitative estimate of drug-likeness (QED) is 0.853. The molecule has 2 rings (SSSR count). The van der Waals surface area contributed by atoms with E-state index in [0.717, 1.165) is 16.9 Å². The number of nitrogens with zero attached hydrogens (tertiary/aromatic N) is 2. The lowest BCUT2D eigenvalue weighted by Gasteiger charge is -2.01. The molecule has 0 saturated heterocycles. The molecule has 0 bridgehead atoms. The van der Waals surface area contributed by atoms with Crippen molar-refractivity contribution in [3.8, 4) is 0 Å². The SMILES string of the molecule is CC(=O)Nc1ccc(N=Cc2cc(C)n(C)c2C)cc1. The molecule has 1 aromatic heterocycles. The number of benzene rings is 1. The Hall–Kier alpha value is -2.36. The third-order valence-corrected chi connectivity index (χ3v) is 3.35. The van der Waals surface area contributed by atoms with E-state index in [9.17, 15) is 4.79 Å². The number of aryl methyl sites for hydroxylation is 1. The third kappa shape index (κ3) is 3.15. The van der Waals surface area contributed by atoms with E-state index in [-0.39, 0.29) is 5.91 Å². The average Bonchev–Trinajstić information content (AvgIpc) is 2.65. The highest BCUT2D eigenvalue weighted by atomic mass is 16.1. The van der Waals surface area contributed by atoms with Gasteiger partial charge < -0.3 is 9.88 Å². The zero-order valence-corrected chi connectivity index (χ0v) is 12.3. The van der Waals surface area contributed by atoms with E-state index in [0.29, 0.717) is 0 Å². The van der Waals surface area contributed by atoms with Crippen molar-refractivity contribution >= 4 is 23.5 Å². The summed E-state index contributed by atoms with van der Waals surface area (Å²) in [4.78, 5) is 15.4. The topological polar surface area (TPSA) is 46.4 Å². The van der Waals surface area contributed by atoms with Gasteiger partial charge in [0.05, 0.1) is 5.69 Å². The Morgan fingerprint density at radius 3 is 2.40 bits per heavy atom. The highest BCUT2D eigenvalue weighted by Crippen LogP contribution is 2.17. The van der Waals surface area contributed by atoms with E-state index in [1.54, 1.807) is 0 Å².